The summed E-state index contributed by atoms with van der Waals surface area (Å²) in [7, 11) is 0. The predicted octanol–water partition coefficient (Wildman–Crippen LogP) is 3.65. The summed E-state index contributed by atoms with van der Waals surface area (Å²) in [5.74, 6) is -1.54. The summed E-state index contributed by atoms with van der Waals surface area (Å²) in [5, 5.41) is 24.9. The molecular formula is C24H26ClF2N7O. The molecule has 0 spiro atoms. The lowest BCUT2D eigenvalue weighted by Crippen LogP contribution is -2.46. The highest BCUT2D eigenvalue weighted by atomic mass is 35.5. The number of rotatable bonds is 10. The molecule has 184 valence electrons. The minimum absolute atomic E-state index is 0.0218. The first kappa shape index (κ1) is 24.9. The Bertz CT molecular complexity index is 1250. The molecule has 0 aliphatic heterocycles. The van der Waals surface area contributed by atoms with Crippen molar-refractivity contribution in [3.05, 3.63) is 94.8 Å². The molecule has 2 aromatic carbocycles. The first-order chi connectivity index (χ1) is 16.7. The SMILES string of the molecule is CC(C)N(Cc1cn(Cc2ccc(Cl)cc2)nn1)CC(O)(Cn1cncn1)c1ccc(F)cc1F. The third-order valence-corrected chi connectivity index (χ3v) is 5.98. The van der Waals surface area contributed by atoms with E-state index < -0.39 is 17.2 Å². The van der Waals surface area contributed by atoms with E-state index in [-0.39, 0.29) is 24.7 Å². The Morgan fingerprint density at radius 1 is 1.11 bits per heavy atom. The summed E-state index contributed by atoms with van der Waals surface area (Å²) in [4.78, 5) is 5.86. The predicted molar refractivity (Wildman–Crippen MR) is 126 cm³/mol. The van der Waals surface area contributed by atoms with E-state index in [1.165, 1.54) is 23.4 Å². The number of aromatic nitrogens is 6. The lowest BCUT2D eigenvalue weighted by molar-refractivity contribution is -0.0315. The fraction of sp³-hybridized carbons (Fsp3) is 0.333. The minimum Gasteiger partial charge on any atom is -0.382 e. The van der Waals surface area contributed by atoms with E-state index in [0.29, 0.717) is 23.8 Å². The van der Waals surface area contributed by atoms with Gasteiger partial charge in [-0.05, 0) is 37.6 Å². The van der Waals surface area contributed by atoms with Gasteiger partial charge in [0.2, 0.25) is 0 Å². The summed E-state index contributed by atoms with van der Waals surface area (Å²) in [6.07, 6.45) is 4.61. The fourth-order valence-corrected chi connectivity index (χ4v) is 4.03. The maximum absolute atomic E-state index is 14.8. The molecule has 11 heteroatoms. The second-order valence-corrected chi connectivity index (χ2v) is 9.22. The molecule has 0 saturated heterocycles. The average Bonchev–Trinajstić information content (AvgIpc) is 3.46. The van der Waals surface area contributed by atoms with Gasteiger partial charge in [-0.15, -0.1) is 5.10 Å². The molecule has 35 heavy (non-hydrogen) atoms. The molecule has 0 saturated carbocycles. The summed E-state index contributed by atoms with van der Waals surface area (Å²) >= 11 is 5.95. The maximum Gasteiger partial charge on any atom is 0.137 e. The van der Waals surface area contributed by atoms with Crippen molar-refractivity contribution in [3.8, 4) is 0 Å². The third-order valence-electron chi connectivity index (χ3n) is 5.73. The first-order valence-corrected chi connectivity index (χ1v) is 11.5. The van der Waals surface area contributed by atoms with E-state index in [1.807, 2.05) is 49.2 Å². The van der Waals surface area contributed by atoms with Crippen molar-refractivity contribution in [2.45, 2.75) is 45.1 Å². The highest BCUT2D eigenvalue weighted by Gasteiger charge is 2.36. The van der Waals surface area contributed by atoms with Gasteiger partial charge in [0.25, 0.3) is 0 Å². The van der Waals surface area contributed by atoms with Crippen LogP contribution in [0.3, 0.4) is 0 Å². The highest BCUT2D eigenvalue weighted by molar-refractivity contribution is 6.30. The quantitative estimate of drug-likeness (QED) is 0.357. The topological polar surface area (TPSA) is 84.9 Å². The van der Waals surface area contributed by atoms with Crippen molar-refractivity contribution in [1.82, 2.24) is 34.7 Å². The van der Waals surface area contributed by atoms with Gasteiger partial charge in [-0.2, -0.15) is 5.10 Å². The largest absolute Gasteiger partial charge is 0.382 e. The summed E-state index contributed by atoms with van der Waals surface area (Å²) in [5.41, 5.74) is -0.0166. The molecule has 0 aliphatic rings. The number of hydrogen-bond donors (Lipinski definition) is 1. The maximum atomic E-state index is 14.8. The zero-order valence-corrected chi connectivity index (χ0v) is 20.1. The van der Waals surface area contributed by atoms with Gasteiger partial charge in [-0.1, -0.05) is 35.0 Å². The number of halogens is 3. The Morgan fingerprint density at radius 3 is 2.54 bits per heavy atom. The Labute approximate surface area is 206 Å². The Balaban J connectivity index is 1.56. The van der Waals surface area contributed by atoms with Crippen LogP contribution in [0, 0.1) is 11.6 Å². The number of benzene rings is 2. The molecule has 4 aromatic rings. The van der Waals surface area contributed by atoms with Crippen LogP contribution in [0.2, 0.25) is 5.02 Å². The highest BCUT2D eigenvalue weighted by Crippen LogP contribution is 2.29. The van der Waals surface area contributed by atoms with Crippen molar-refractivity contribution in [1.29, 1.82) is 0 Å². The molecular weight excluding hydrogens is 476 g/mol. The van der Waals surface area contributed by atoms with Crippen molar-refractivity contribution >= 4 is 11.6 Å². The average molecular weight is 502 g/mol. The van der Waals surface area contributed by atoms with Crippen LogP contribution in [0.15, 0.2) is 61.3 Å². The lowest BCUT2D eigenvalue weighted by Gasteiger charge is -2.36. The van der Waals surface area contributed by atoms with E-state index >= 15 is 0 Å². The molecule has 0 bridgehead atoms. The molecule has 1 unspecified atom stereocenters. The van der Waals surface area contributed by atoms with Gasteiger partial charge in [0.15, 0.2) is 0 Å². The van der Waals surface area contributed by atoms with Crippen LogP contribution in [-0.2, 0) is 25.2 Å². The Morgan fingerprint density at radius 2 is 1.89 bits per heavy atom. The van der Waals surface area contributed by atoms with Crippen molar-refractivity contribution < 1.29 is 13.9 Å². The van der Waals surface area contributed by atoms with Crippen molar-refractivity contribution in [3.63, 3.8) is 0 Å². The van der Waals surface area contributed by atoms with Crippen LogP contribution in [0.1, 0.15) is 30.7 Å². The number of nitrogens with zero attached hydrogens (tertiary/aromatic N) is 7. The van der Waals surface area contributed by atoms with E-state index in [9.17, 15) is 13.9 Å². The van der Waals surface area contributed by atoms with Crippen LogP contribution in [0.4, 0.5) is 8.78 Å². The van der Waals surface area contributed by atoms with Crippen LogP contribution in [0.25, 0.3) is 0 Å². The van der Waals surface area contributed by atoms with E-state index in [0.717, 1.165) is 17.7 Å². The minimum atomic E-state index is -1.71. The zero-order chi connectivity index (χ0) is 25.0. The van der Waals surface area contributed by atoms with E-state index in [2.05, 4.69) is 20.4 Å². The number of aliphatic hydroxyl groups is 1. The van der Waals surface area contributed by atoms with Gasteiger partial charge in [-0.3, -0.25) is 4.90 Å². The van der Waals surface area contributed by atoms with Gasteiger partial charge in [0, 0.05) is 35.8 Å². The molecule has 2 aromatic heterocycles. The van der Waals surface area contributed by atoms with Crippen LogP contribution in [0.5, 0.6) is 0 Å². The van der Waals surface area contributed by atoms with Gasteiger partial charge < -0.3 is 5.11 Å². The summed E-state index contributed by atoms with van der Waals surface area (Å²) in [6.45, 7) is 4.80. The van der Waals surface area contributed by atoms with Crippen molar-refractivity contribution in [2.75, 3.05) is 6.54 Å². The standard InChI is InChI=1S/C24H26ClF2N7O/c1-17(2)32(11-21-12-33(31-30-21)10-18-3-5-19(25)6-4-18)13-24(35,14-34-16-28-15-29-34)22-8-7-20(26)9-23(22)27/h3-9,12,15-17,35H,10-11,13-14H2,1-2H3. The monoisotopic (exact) mass is 501 g/mol. The molecule has 8 nitrogen and oxygen atoms in total. The normalized spacial score (nSPS) is 13.5. The molecule has 1 N–H and O–H groups in total. The van der Waals surface area contributed by atoms with Gasteiger partial charge >= 0.3 is 0 Å². The Hall–Kier alpha value is -3.21. The molecule has 4 rings (SSSR count). The second kappa shape index (κ2) is 10.6. The summed E-state index contributed by atoms with van der Waals surface area (Å²) < 4.78 is 31.5. The van der Waals surface area contributed by atoms with Crippen LogP contribution >= 0.6 is 11.6 Å². The first-order valence-electron chi connectivity index (χ1n) is 11.1. The molecule has 1 atom stereocenters. The number of hydrogen-bond acceptors (Lipinski definition) is 6. The molecule has 0 aliphatic carbocycles. The second-order valence-electron chi connectivity index (χ2n) is 8.78. The smallest absolute Gasteiger partial charge is 0.137 e. The Kier molecular flexibility index (Phi) is 7.54. The zero-order valence-electron chi connectivity index (χ0n) is 19.4. The third kappa shape index (κ3) is 6.27. The summed E-state index contributed by atoms with van der Waals surface area (Å²) in [6, 6.07) is 10.6. The van der Waals surface area contributed by atoms with Gasteiger partial charge in [-0.25, -0.2) is 23.1 Å². The van der Waals surface area contributed by atoms with Gasteiger partial charge in [0.1, 0.15) is 29.9 Å². The van der Waals surface area contributed by atoms with Crippen LogP contribution in [-0.4, -0.2) is 52.4 Å². The van der Waals surface area contributed by atoms with Crippen LogP contribution < -0.4 is 0 Å². The van der Waals surface area contributed by atoms with E-state index in [1.54, 1.807) is 4.68 Å². The van der Waals surface area contributed by atoms with Gasteiger partial charge in [0.05, 0.1) is 25.0 Å². The fourth-order valence-electron chi connectivity index (χ4n) is 3.90. The molecule has 0 radical (unpaired) electrons. The van der Waals surface area contributed by atoms with E-state index in [4.69, 9.17) is 11.6 Å². The molecule has 2 heterocycles. The lowest BCUT2D eigenvalue weighted by atomic mass is 9.91. The molecule has 0 amide bonds. The van der Waals surface area contributed by atoms with Crippen molar-refractivity contribution in [2.24, 2.45) is 0 Å². The molecule has 0 fully saturated rings.